The van der Waals surface area contributed by atoms with Crippen LogP contribution >= 0.6 is 38.5 Å². The molecule has 0 aliphatic heterocycles. The summed E-state index contributed by atoms with van der Waals surface area (Å²) in [5.41, 5.74) is 11.4. The van der Waals surface area contributed by atoms with E-state index in [4.69, 9.17) is 5.73 Å². The summed E-state index contributed by atoms with van der Waals surface area (Å²) < 4.78 is 2.22. The zero-order valence-electron chi connectivity index (χ0n) is 11.3. The maximum absolute atomic E-state index is 6.09. The normalized spacial score (nSPS) is 10.8. The van der Waals surface area contributed by atoms with Crippen molar-refractivity contribution >= 4 is 44.3 Å². The number of nitrogen functional groups attached to an aromatic ring is 1. The van der Waals surface area contributed by atoms with E-state index in [9.17, 15) is 0 Å². The molecule has 106 valence electrons. The third-order valence-corrected chi connectivity index (χ3v) is 5.29. The molecule has 0 saturated carbocycles. The van der Waals surface area contributed by atoms with Crippen LogP contribution in [0.15, 0.2) is 46.9 Å². The van der Waals surface area contributed by atoms with Crippen LogP contribution in [0.3, 0.4) is 0 Å². The van der Waals surface area contributed by atoms with Crippen molar-refractivity contribution in [2.24, 2.45) is 0 Å². The Labute approximate surface area is 145 Å². The fourth-order valence-electron chi connectivity index (χ4n) is 2.33. The van der Waals surface area contributed by atoms with Crippen LogP contribution in [0.2, 0.25) is 0 Å². The Morgan fingerprint density at radius 3 is 2.71 bits per heavy atom. The van der Waals surface area contributed by atoms with Crippen molar-refractivity contribution in [1.29, 1.82) is 0 Å². The van der Waals surface area contributed by atoms with Gasteiger partial charge in [-0.05, 0) is 52.8 Å². The molecule has 0 radical (unpaired) electrons. The standard InChI is InChI=1S/C16H13BrIN3/c1-9-4-2-7-12(14(9)18)15-13(16(19)21-20-15)10-5-3-6-11(17)8-10/h2-8H,1H3,(H3,19,20,21). The lowest BCUT2D eigenvalue weighted by molar-refractivity contribution is 1.10. The number of halogens is 2. The van der Waals surface area contributed by atoms with E-state index in [0.29, 0.717) is 5.82 Å². The second-order valence-corrected chi connectivity index (χ2v) is 6.80. The number of hydrogen-bond acceptors (Lipinski definition) is 2. The predicted octanol–water partition coefficient (Wildman–Crippen LogP) is 5.00. The molecule has 0 aliphatic carbocycles. The topological polar surface area (TPSA) is 54.7 Å². The number of hydrogen-bond donors (Lipinski definition) is 2. The van der Waals surface area contributed by atoms with Crippen molar-refractivity contribution in [3.63, 3.8) is 0 Å². The van der Waals surface area contributed by atoms with E-state index >= 15 is 0 Å². The molecule has 0 fully saturated rings. The smallest absolute Gasteiger partial charge is 0.153 e. The molecule has 0 amide bonds. The highest BCUT2D eigenvalue weighted by atomic mass is 127. The average Bonchev–Trinajstić information content (AvgIpc) is 2.83. The first-order valence-electron chi connectivity index (χ1n) is 6.43. The molecule has 2 aromatic carbocycles. The first-order valence-corrected chi connectivity index (χ1v) is 8.30. The van der Waals surface area contributed by atoms with E-state index in [-0.39, 0.29) is 0 Å². The van der Waals surface area contributed by atoms with E-state index in [0.717, 1.165) is 26.9 Å². The summed E-state index contributed by atoms with van der Waals surface area (Å²) in [6, 6.07) is 14.3. The third kappa shape index (κ3) is 2.72. The quantitative estimate of drug-likeness (QED) is 0.536. The molecule has 5 heteroatoms. The number of nitrogens with two attached hydrogens (primary N) is 1. The predicted molar refractivity (Wildman–Crippen MR) is 99.0 cm³/mol. The molecule has 3 N–H and O–H groups in total. The average molecular weight is 454 g/mol. The summed E-state index contributed by atoms with van der Waals surface area (Å²) in [4.78, 5) is 0. The van der Waals surface area contributed by atoms with E-state index in [2.05, 4.69) is 73.8 Å². The van der Waals surface area contributed by atoms with Gasteiger partial charge in [0.25, 0.3) is 0 Å². The summed E-state index contributed by atoms with van der Waals surface area (Å²) in [5, 5.41) is 7.29. The van der Waals surface area contributed by atoms with Gasteiger partial charge in [0, 0.05) is 13.6 Å². The number of anilines is 1. The maximum atomic E-state index is 6.09. The number of nitrogens with one attached hydrogen (secondary N) is 1. The Hall–Kier alpha value is -1.34. The van der Waals surface area contributed by atoms with Gasteiger partial charge in [0.2, 0.25) is 0 Å². The van der Waals surface area contributed by atoms with Crippen molar-refractivity contribution in [1.82, 2.24) is 10.2 Å². The second kappa shape index (κ2) is 5.81. The summed E-state index contributed by atoms with van der Waals surface area (Å²) in [6.45, 7) is 2.10. The van der Waals surface area contributed by atoms with Gasteiger partial charge in [-0.25, -0.2) is 0 Å². The van der Waals surface area contributed by atoms with Crippen LogP contribution in [-0.2, 0) is 0 Å². The van der Waals surface area contributed by atoms with Crippen LogP contribution in [0.25, 0.3) is 22.4 Å². The maximum Gasteiger partial charge on any atom is 0.153 e. The monoisotopic (exact) mass is 453 g/mol. The van der Waals surface area contributed by atoms with E-state index < -0.39 is 0 Å². The van der Waals surface area contributed by atoms with E-state index in [1.54, 1.807) is 0 Å². The van der Waals surface area contributed by atoms with Crippen molar-refractivity contribution < 1.29 is 0 Å². The highest BCUT2D eigenvalue weighted by molar-refractivity contribution is 14.1. The van der Waals surface area contributed by atoms with Gasteiger partial charge in [0.15, 0.2) is 5.82 Å². The summed E-state index contributed by atoms with van der Waals surface area (Å²) >= 11 is 5.87. The van der Waals surface area contributed by atoms with Gasteiger partial charge < -0.3 is 5.73 Å². The van der Waals surface area contributed by atoms with Crippen molar-refractivity contribution in [3.8, 4) is 22.4 Å². The molecule has 0 aliphatic rings. The summed E-state index contributed by atoms with van der Waals surface area (Å²) in [5.74, 6) is 0.514. The number of H-pyrrole nitrogens is 1. The van der Waals surface area contributed by atoms with Gasteiger partial charge in [-0.15, -0.1) is 0 Å². The van der Waals surface area contributed by atoms with Gasteiger partial charge in [-0.1, -0.05) is 46.3 Å². The van der Waals surface area contributed by atoms with Crippen molar-refractivity contribution in [2.75, 3.05) is 5.73 Å². The molecule has 0 unspecified atom stereocenters. The van der Waals surface area contributed by atoms with Gasteiger partial charge in [0.05, 0.1) is 11.3 Å². The first-order chi connectivity index (χ1) is 10.1. The van der Waals surface area contributed by atoms with Gasteiger partial charge >= 0.3 is 0 Å². The molecule has 1 aromatic heterocycles. The largest absolute Gasteiger partial charge is 0.382 e. The molecular formula is C16H13BrIN3. The highest BCUT2D eigenvalue weighted by Gasteiger charge is 2.17. The van der Waals surface area contributed by atoms with E-state index in [1.165, 1.54) is 9.13 Å². The highest BCUT2D eigenvalue weighted by Crippen LogP contribution is 2.37. The second-order valence-electron chi connectivity index (χ2n) is 4.81. The lowest BCUT2D eigenvalue weighted by atomic mass is 10.00. The number of benzene rings is 2. The third-order valence-electron chi connectivity index (χ3n) is 3.37. The number of nitrogens with zero attached hydrogens (tertiary/aromatic N) is 1. The van der Waals surface area contributed by atoms with Crippen LogP contribution < -0.4 is 5.73 Å². The number of rotatable bonds is 2. The Morgan fingerprint density at radius 1 is 1.19 bits per heavy atom. The Balaban J connectivity index is 2.24. The van der Waals surface area contributed by atoms with E-state index in [1.807, 2.05) is 24.3 Å². The number of aromatic nitrogens is 2. The molecule has 0 saturated heterocycles. The molecule has 3 aromatic rings. The molecular weight excluding hydrogens is 441 g/mol. The summed E-state index contributed by atoms with van der Waals surface area (Å²) in [7, 11) is 0. The minimum absolute atomic E-state index is 0.514. The molecule has 0 atom stereocenters. The fourth-order valence-corrected chi connectivity index (χ4v) is 3.36. The molecule has 3 nitrogen and oxygen atoms in total. The molecule has 21 heavy (non-hydrogen) atoms. The zero-order valence-corrected chi connectivity index (χ0v) is 15.1. The van der Waals surface area contributed by atoms with Crippen LogP contribution in [0, 0.1) is 10.5 Å². The Kier molecular flexibility index (Phi) is 4.03. The zero-order chi connectivity index (χ0) is 15.0. The number of aromatic amines is 1. The Bertz CT molecular complexity index is 811. The van der Waals surface area contributed by atoms with Gasteiger partial charge in [-0.3, -0.25) is 5.10 Å². The summed E-state index contributed by atoms with van der Waals surface area (Å²) in [6.07, 6.45) is 0. The molecule has 0 spiro atoms. The van der Waals surface area contributed by atoms with Gasteiger partial charge in [-0.2, -0.15) is 5.10 Å². The van der Waals surface area contributed by atoms with Gasteiger partial charge in [0.1, 0.15) is 0 Å². The molecule has 0 bridgehead atoms. The van der Waals surface area contributed by atoms with Crippen LogP contribution in [-0.4, -0.2) is 10.2 Å². The first kappa shape index (κ1) is 14.6. The molecule has 1 heterocycles. The minimum Gasteiger partial charge on any atom is -0.382 e. The Morgan fingerprint density at radius 2 is 1.95 bits per heavy atom. The lowest BCUT2D eigenvalue weighted by Crippen LogP contribution is -1.91. The minimum atomic E-state index is 0.514. The SMILES string of the molecule is Cc1cccc(-c2[nH]nc(N)c2-c2cccc(Br)c2)c1I. The van der Waals surface area contributed by atoms with Crippen LogP contribution in [0.1, 0.15) is 5.56 Å². The fraction of sp³-hybridized carbons (Fsp3) is 0.0625. The van der Waals surface area contributed by atoms with Crippen LogP contribution in [0.4, 0.5) is 5.82 Å². The van der Waals surface area contributed by atoms with Crippen LogP contribution in [0.5, 0.6) is 0 Å². The van der Waals surface area contributed by atoms with Crippen molar-refractivity contribution in [3.05, 3.63) is 56.1 Å². The molecule has 3 rings (SSSR count). The van der Waals surface area contributed by atoms with Crippen molar-refractivity contribution in [2.45, 2.75) is 6.92 Å². The number of aryl methyl sites for hydroxylation is 1. The lowest BCUT2D eigenvalue weighted by Gasteiger charge is -2.09.